The molecule has 0 fully saturated rings. The average Bonchev–Trinajstić information content (AvgIpc) is 2.04. The standard InChI is InChI=1S/C11H22ClNO/c1-5-9(6-2)10(14)13-11(3,4)7-8-12/h9H,5-8H2,1-4H3,(H,13,14). The third-order valence-electron chi connectivity index (χ3n) is 2.54. The van der Waals surface area contributed by atoms with E-state index in [1.807, 2.05) is 27.7 Å². The molecule has 1 N–H and O–H groups in total. The molecule has 0 bridgehead atoms. The molecule has 84 valence electrons. The van der Waals surface area contributed by atoms with Crippen LogP contribution in [0.1, 0.15) is 47.0 Å². The zero-order valence-electron chi connectivity index (χ0n) is 9.69. The fourth-order valence-corrected chi connectivity index (χ4v) is 1.87. The van der Waals surface area contributed by atoms with Gasteiger partial charge in [0.15, 0.2) is 0 Å². The summed E-state index contributed by atoms with van der Waals surface area (Å²) in [4.78, 5) is 11.7. The lowest BCUT2D eigenvalue weighted by Gasteiger charge is -2.27. The summed E-state index contributed by atoms with van der Waals surface area (Å²) in [6.45, 7) is 8.11. The van der Waals surface area contributed by atoms with E-state index >= 15 is 0 Å². The van der Waals surface area contributed by atoms with Crippen molar-refractivity contribution in [2.45, 2.75) is 52.5 Å². The molecule has 0 spiro atoms. The molecular formula is C11H22ClNO. The third kappa shape index (κ3) is 4.85. The Balaban J connectivity index is 4.15. The number of amides is 1. The molecule has 0 aliphatic heterocycles. The van der Waals surface area contributed by atoms with Crippen molar-refractivity contribution in [1.29, 1.82) is 0 Å². The molecule has 0 aliphatic carbocycles. The molecule has 1 amide bonds. The molecule has 0 saturated carbocycles. The number of hydrogen-bond donors (Lipinski definition) is 1. The van der Waals surface area contributed by atoms with Gasteiger partial charge in [0.05, 0.1) is 0 Å². The molecule has 0 saturated heterocycles. The summed E-state index contributed by atoms with van der Waals surface area (Å²) in [6.07, 6.45) is 2.61. The van der Waals surface area contributed by atoms with Gasteiger partial charge >= 0.3 is 0 Å². The monoisotopic (exact) mass is 219 g/mol. The fraction of sp³-hybridized carbons (Fsp3) is 0.909. The maximum absolute atomic E-state index is 11.7. The largest absolute Gasteiger partial charge is 0.351 e. The maximum Gasteiger partial charge on any atom is 0.223 e. The van der Waals surface area contributed by atoms with Crippen LogP contribution in [0.5, 0.6) is 0 Å². The van der Waals surface area contributed by atoms with E-state index in [1.54, 1.807) is 0 Å². The van der Waals surface area contributed by atoms with Gasteiger partial charge in [-0.2, -0.15) is 0 Å². The molecule has 0 rings (SSSR count). The van der Waals surface area contributed by atoms with Crippen molar-refractivity contribution in [2.75, 3.05) is 5.88 Å². The van der Waals surface area contributed by atoms with Crippen LogP contribution in [0.2, 0.25) is 0 Å². The Labute approximate surface area is 92.4 Å². The molecule has 0 aromatic heterocycles. The Morgan fingerprint density at radius 1 is 1.36 bits per heavy atom. The van der Waals surface area contributed by atoms with E-state index in [2.05, 4.69) is 5.32 Å². The Bertz CT molecular complexity index is 176. The van der Waals surface area contributed by atoms with Gasteiger partial charge in [0, 0.05) is 17.3 Å². The van der Waals surface area contributed by atoms with Crippen molar-refractivity contribution < 1.29 is 4.79 Å². The van der Waals surface area contributed by atoms with Crippen LogP contribution < -0.4 is 5.32 Å². The summed E-state index contributed by atoms with van der Waals surface area (Å²) in [7, 11) is 0. The first-order chi connectivity index (χ1) is 6.46. The molecule has 0 aromatic rings. The van der Waals surface area contributed by atoms with Crippen LogP contribution in [0.4, 0.5) is 0 Å². The summed E-state index contributed by atoms with van der Waals surface area (Å²) >= 11 is 5.67. The summed E-state index contributed by atoms with van der Waals surface area (Å²) < 4.78 is 0. The molecule has 0 atom stereocenters. The van der Waals surface area contributed by atoms with Crippen LogP contribution in [0.3, 0.4) is 0 Å². The van der Waals surface area contributed by atoms with Gasteiger partial charge in [-0.05, 0) is 33.1 Å². The Hall–Kier alpha value is -0.240. The second-order valence-corrected chi connectivity index (χ2v) is 4.70. The second-order valence-electron chi connectivity index (χ2n) is 4.33. The molecule has 0 aliphatic rings. The normalized spacial score (nSPS) is 11.9. The van der Waals surface area contributed by atoms with E-state index in [9.17, 15) is 4.79 Å². The van der Waals surface area contributed by atoms with E-state index in [0.29, 0.717) is 5.88 Å². The van der Waals surface area contributed by atoms with Gasteiger partial charge < -0.3 is 5.32 Å². The highest BCUT2D eigenvalue weighted by molar-refractivity contribution is 6.17. The molecule has 0 aromatic carbocycles. The van der Waals surface area contributed by atoms with E-state index in [1.165, 1.54) is 0 Å². The Morgan fingerprint density at radius 2 is 1.86 bits per heavy atom. The Morgan fingerprint density at radius 3 is 2.21 bits per heavy atom. The molecule has 14 heavy (non-hydrogen) atoms. The number of carbonyl (C=O) groups excluding carboxylic acids is 1. The number of alkyl halides is 1. The van der Waals surface area contributed by atoms with Gasteiger partial charge in [-0.15, -0.1) is 11.6 Å². The molecule has 2 nitrogen and oxygen atoms in total. The van der Waals surface area contributed by atoms with Crippen LogP contribution in [0.15, 0.2) is 0 Å². The van der Waals surface area contributed by atoms with E-state index in [-0.39, 0.29) is 17.4 Å². The van der Waals surface area contributed by atoms with Crippen molar-refractivity contribution >= 4 is 17.5 Å². The van der Waals surface area contributed by atoms with Crippen molar-refractivity contribution in [2.24, 2.45) is 5.92 Å². The number of halogens is 1. The SMILES string of the molecule is CCC(CC)C(=O)NC(C)(C)CCCl. The number of carbonyl (C=O) groups is 1. The minimum atomic E-state index is -0.179. The first-order valence-electron chi connectivity index (χ1n) is 5.34. The minimum Gasteiger partial charge on any atom is -0.351 e. The van der Waals surface area contributed by atoms with Crippen LogP contribution in [0.25, 0.3) is 0 Å². The molecule has 0 heterocycles. The topological polar surface area (TPSA) is 29.1 Å². The fourth-order valence-electron chi connectivity index (χ4n) is 1.39. The second kappa shape index (κ2) is 6.28. The van der Waals surface area contributed by atoms with Crippen LogP contribution >= 0.6 is 11.6 Å². The summed E-state index contributed by atoms with van der Waals surface area (Å²) in [6, 6.07) is 0. The molecule has 0 radical (unpaired) electrons. The Kier molecular flexibility index (Phi) is 6.17. The molecular weight excluding hydrogens is 198 g/mol. The van der Waals surface area contributed by atoms with E-state index in [4.69, 9.17) is 11.6 Å². The maximum atomic E-state index is 11.7. The highest BCUT2D eigenvalue weighted by Gasteiger charge is 2.23. The highest BCUT2D eigenvalue weighted by Crippen LogP contribution is 2.13. The highest BCUT2D eigenvalue weighted by atomic mass is 35.5. The predicted molar refractivity (Wildman–Crippen MR) is 61.6 cm³/mol. The van der Waals surface area contributed by atoms with E-state index < -0.39 is 0 Å². The zero-order chi connectivity index (χ0) is 11.2. The van der Waals surface area contributed by atoms with Gasteiger partial charge in [-0.25, -0.2) is 0 Å². The van der Waals surface area contributed by atoms with Gasteiger partial charge in [-0.3, -0.25) is 4.79 Å². The van der Waals surface area contributed by atoms with Crippen molar-refractivity contribution in [1.82, 2.24) is 5.32 Å². The van der Waals surface area contributed by atoms with Gasteiger partial charge in [0.25, 0.3) is 0 Å². The van der Waals surface area contributed by atoms with Crippen LogP contribution in [-0.4, -0.2) is 17.3 Å². The number of nitrogens with one attached hydrogen (secondary N) is 1. The quantitative estimate of drug-likeness (QED) is 0.684. The summed E-state index contributed by atoms with van der Waals surface area (Å²) in [5.41, 5.74) is -0.179. The first-order valence-corrected chi connectivity index (χ1v) is 5.88. The van der Waals surface area contributed by atoms with Crippen molar-refractivity contribution in [3.63, 3.8) is 0 Å². The third-order valence-corrected chi connectivity index (χ3v) is 2.73. The van der Waals surface area contributed by atoms with Gasteiger partial charge in [-0.1, -0.05) is 13.8 Å². The van der Waals surface area contributed by atoms with Crippen LogP contribution in [0, 0.1) is 5.92 Å². The number of hydrogen-bond acceptors (Lipinski definition) is 1. The average molecular weight is 220 g/mol. The van der Waals surface area contributed by atoms with Gasteiger partial charge in [0.2, 0.25) is 5.91 Å². The molecule has 3 heteroatoms. The van der Waals surface area contributed by atoms with Crippen LogP contribution in [-0.2, 0) is 4.79 Å². The first kappa shape index (κ1) is 13.8. The van der Waals surface area contributed by atoms with Crippen molar-refractivity contribution in [3.8, 4) is 0 Å². The number of rotatable bonds is 6. The minimum absolute atomic E-state index is 0.143. The van der Waals surface area contributed by atoms with Gasteiger partial charge in [0.1, 0.15) is 0 Å². The van der Waals surface area contributed by atoms with E-state index in [0.717, 1.165) is 19.3 Å². The summed E-state index contributed by atoms with van der Waals surface area (Å²) in [5, 5.41) is 3.04. The lowest BCUT2D eigenvalue weighted by atomic mass is 9.97. The predicted octanol–water partition coefficient (Wildman–Crippen LogP) is 2.95. The smallest absolute Gasteiger partial charge is 0.223 e. The lowest BCUT2D eigenvalue weighted by Crippen LogP contribution is -2.46. The lowest BCUT2D eigenvalue weighted by molar-refractivity contribution is -0.126. The molecule has 0 unspecified atom stereocenters. The summed E-state index contributed by atoms with van der Waals surface area (Å²) in [5.74, 6) is 0.880. The zero-order valence-corrected chi connectivity index (χ0v) is 10.4. The van der Waals surface area contributed by atoms with Crippen molar-refractivity contribution in [3.05, 3.63) is 0 Å².